The first-order valence-electron chi connectivity index (χ1n) is 4.93. The molecule has 0 saturated carbocycles. The maximum atomic E-state index is 11.7. The van der Waals surface area contributed by atoms with Crippen LogP contribution in [0.1, 0.15) is 12.1 Å². The Morgan fingerprint density at radius 2 is 2.18 bits per heavy atom. The minimum absolute atomic E-state index is 0.0161. The average Bonchev–Trinajstić information content (AvgIpc) is 2.70. The Morgan fingerprint density at radius 3 is 2.59 bits per heavy atom. The second-order valence-corrected chi connectivity index (χ2v) is 5.85. The Bertz CT molecular complexity index is 544. The lowest BCUT2D eigenvalue weighted by Crippen LogP contribution is -2.32. The van der Waals surface area contributed by atoms with Crippen LogP contribution in [0.15, 0.2) is 0 Å². The lowest BCUT2D eigenvalue weighted by atomic mass is 10.3. The van der Waals surface area contributed by atoms with E-state index in [1.807, 2.05) is 0 Å². The lowest BCUT2D eigenvalue weighted by molar-refractivity contribution is -0.117. The van der Waals surface area contributed by atoms with Crippen LogP contribution in [-0.4, -0.2) is 36.3 Å². The van der Waals surface area contributed by atoms with Crippen LogP contribution >= 0.6 is 0 Å². The fourth-order valence-corrected chi connectivity index (χ4v) is 2.63. The predicted molar refractivity (Wildman–Crippen MR) is 61.6 cm³/mol. The molecule has 9 heteroatoms. The van der Waals surface area contributed by atoms with Crippen molar-refractivity contribution in [3.05, 3.63) is 5.69 Å². The molecule has 1 amide bonds. The summed E-state index contributed by atoms with van der Waals surface area (Å²) in [4.78, 5) is 13.1. The van der Waals surface area contributed by atoms with Crippen molar-refractivity contribution < 1.29 is 13.2 Å². The van der Waals surface area contributed by atoms with Gasteiger partial charge in [-0.05, 0) is 6.92 Å². The van der Waals surface area contributed by atoms with Crippen LogP contribution in [0.25, 0.3) is 0 Å². The summed E-state index contributed by atoms with van der Waals surface area (Å²) in [5.74, 6) is -0.147. The van der Waals surface area contributed by atoms with E-state index in [4.69, 9.17) is 10.9 Å². The Kier molecular flexibility index (Phi) is 2.59. The summed E-state index contributed by atoms with van der Waals surface area (Å²) in [5, 5.41) is 10.5. The van der Waals surface area contributed by atoms with Gasteiger partial charge in [0.15, 0.2) is 5.82 Å². The van der Waals surface area contributed by atoms with E-state index in [9.17, 15) is 13.2 Å². The topological polar surface area (TPSA) is 135 Å². The normalized spacial score (nSPS) is 21.2. The minimum Gasteiger partial charge on any atom is -0.380 e. The van der Waals surface area contributed by atoms with Gasteiger partial charge in [-0.2, -0.15) is 5.10 Å². The molecule has 1 fully saturated rings. The number of primary sulfonamides is 1. The largest absolute Gasteiger partial charge is 0.380 e. The van der Waals surface area contributed by atoms with Gasteiger partial charge in [0.2, 0.25) is 15.9 Å². The highest BCUT2D eigenvalue weighted by Crippen LogP contribution is 2.30. The van der Waals surface area contributed by atoms with Crippen LogP contribution in [0.2, 0.25) is 0 Å². The lowest BCUT2D eigenvalue weighted by Gasteiger charge is -2.15. The molecule has 1 aromatic rings. The molecular formula is C8H13N5O3S. The van der Waals surface area contributed by atoms with Crippen LogP contribution in [-0.2, 0) is 14.8 Å². The molecule has 1 unspecified atom stereocenters. The molecule has 8 nitrogen and oxygen atoms in total. The van der Waals surface area contributed by atoms with Crippen molar-refractivity contribution in [3.8, 4) is 0 Å². The number of nitrogens with one attached hydrogen (secondary N) is 1. The first-order chi connectivity index (χ1) is 7.80. The molecule has 2 heterocycles. The summed E-state index contributed by atoms with van der Waals surface area (Å²) in [6.45, 7) is 1.72. The Balaban J connectivity index is 2.34. The zero-order valence-corrected chi connectivity index (χ0v) is 9.99. The van der Waals surface area contributed by atoms with E-state index < -0.39 is 15.3 Å². The molecule has 5 N–H and O–H groups in total. The number of carbonyl (C=O) groups is 1. The summed E-state index contributed by atoms with van der Waals surface area (Å²) in [7, 11) is -3.72. The highest BCUT2D eigenvalue weighted by Gasteiger charge is 2.38. The fourth-order valence-electron chi connectivity index (χ4n) is 1.89. The molecule has 1 aromatic heterocycles. The van der Waals surface area contributed by atoms with Crippen molar-refractivity contribution in [1.82, 2.24) is 10.2 Å². The Morgan fingerprint density at radius 1 is 1.53 bits per heavy atom. The highest BCUT2D eigenvalue weighted by atomic mass is 32.2. The smallest absolute Gasteiger partial charge is 0.228 e. The zero-order valence-electron chi connectivity index (χ0n) is 9.17. The molecule has 0 bridgehead atoms. The SMILES string of the molecule is Cc1[nH]nc(N)c1N1CC(S(N)(=O)=O)CC1=O. The molecule has 1 atom stereocenters. The van der Waals surface area contributed by atoms with Crippen LogP contribution in [0, 0.1) is 6.92 Å². The second kappa shape index (κ2) is 3.70. The van der Waals surface area contributed by atoms with Gasteiger partial charge < -0.3 is 10.6 Å². The van der Waals surface area contributed by atoms with Crippen LogP contribution < -0.4 is 15.8 Å². The van der Waals surface area contributed by atoms with Gasteiger partial charge >= 0.3 is 0 Å². The molecular weight excluding hydrogens is 246 g/mol. The molecule has 1 aliphatic rings. The van der Waals surface area contributed by atoms with Crippen molar-refractivity contribution >= 4 is 27.4 Å². The van der Waals surface area contributed by atoms with Crippen LogP contribution in [0.5, 0.6) is 0 Å². The van der Waals surface area contributed by atoms with E-state index in [1.54, 1.807) is 6.92 Å². The highest BCUT2D eigenvalue weighted by molar-refractivity contribution is 7.89. The third-order valence-corrected chi connectivity index (χ3v) is 4.01. The Hall–Kier alpha value is -1.61. The van der Waals surface area contributed by atoms with E-state index in [2.05, 4.69) is 10.2 Å². The molecule has 0 aliphatic carbocycles. The monoisotopic (exact) mass is 259 g/mol. The number of aryl methyl sites for hydroxylation is 1. The predicted octanol–water partition coefficient (Wildman–Crippen LogP) is -1.31. The minimum atomic E-state index is -3.72. The first kappa shape index (κ1) is 11.9. The molecule has 1 aliphatic heterocycles. The summed E-state index contributed by atoms with van der Waals surface area (Å²) >= 11 is 0. The quantitative estimate of drug-likeness (QED) is 0.606. The molecule has 17 heavy (non-hydrogen) atoms. The number of hydrogen-bond donors (Lipinski definition) is 3. The molecule has 0 radical (unpaired) electrons. The van der Waals surface area contributed by atoms with E-state index in [0.29, 0.717) is 11.4 Å². The van der Waals surface area contributed by atoms with Gasteiger partial charge in [-0.25, -0.2) is 13.6 Å². The number of H-pyrrole nitrogens is 1. The standard InChI is InChI=1S/C8H13N5O3S/c1-4-7(8(9)12-11-4)13-3-5(2-6(13)14)17(10,15)16/h5H,2-3H2,1H3,(H3,9,11,12)(H2,10,15,16). The van der Waals surface area contributed by atoms with Gasteiger partial charge in [0.05, 0.1) is 5.69 Å². The third-order valence-electron chi connectivity index (χ3n) is 2.77. The van der Waals surface area contributed by atoms with Gasteiger partial charge in [0.1, 0.15) is 10.9 Å². The number of nitrogens with two attached hydrogens (primary N) is 2. The van der Waals surface area contributed by atoms with Gasteiger partial charge in [-0.1, -0.05) is 0 Å². The molecule has 2 rings (SSSR count). The third kappa shape index (κ3) is 1.98. The number of amides is 1. The van der Waals surface area contributed by atoms with Crippen LogP contribution in [0.4, 0.5) is 11.5 Å². The molecule has 0 aromatic carbocycles. The first-order valence-corrected chi connectivity index (χ1v) is 6.54. The van der Waals surface area contributed by atoms with Crippen molar-refractivity contribution in [2.24, 2.45) is 5.14 Å². The van der Waals surface area contributed by atoms with Gasteiger partial charge in [-0.15, -0.1) is 0 Å². The average molecular weight is 259 g/mol. The van der Waals surface area contributed by atoms with Crippen LogP contribution in [0.3, 0.4) is 0 Å². The number of sulfonamides is 1. The fraction of sp³-hybridized carbons (Fsp3) is 0.500. The molecule has 1 saturated heterocycles. The number of aromatic nitrogens is 2. The number of aromatic amines is 1. The van der Waals surface area contributed by atoms with E-state index >= 15 is 0 Å². The zero-order chi connectivity index (χ0) is 12.8. The van der Waals surface area contributed by atoms with Gasteiger partial charge in [0.25, 0.3) is 0 Å². The van der Waals surface area contributed by atoms with Crippen molar-refractivity contribution in [1.29, 1.82) is 0 Å². The summed E-state index contributed by atoms with van der Waals surface area (Å²) in [5.41, 5.74) is 6.67. The number of nitrogens with zero attached hydrogens (tertiary/aromatic N) is 2. The summed E-state index contributed by atoms with van der Waals surface area (Å²) in [6.07, 6.45) is -0.122. The Labute approximate surface area is 98.0 Å². The summed E-state index contributed by atoms with van der Waals surface area (Å²) < 4.78 is 22.4. The van der Waals surface area contributed by atoms with Crippen molar-refractivity contribution in [2.75, 3.05) is 17.2 Å². The number of anilines is 2. The van der Waals surface area contributed by atoms with E-state index in [-0.39, 0.29) is 24.7 Å². The number of nitrogen functional groups attached to an aromatic ring is 1. The van der Waals surface area contributed by atoms with E-state index in [1.165, 1.54) is 4.90 Å². The maximum absolute atomic E-state index is 11.7. The molecule has 0 spiro atoms. The molecule has 94 valence electrons. The van der Waals surface area contributed by atoms with Gasteiger partial charge in [-0.3, -0.25) is 9.89 Å². The maximum Gasteiger partial charge on any atom is 0.228 e. The second-order valence-electron chi connectivity index (χ2n) is 4.00. The number of hydrogen-bond acceptors (Lipinski definition) is 5. The van der Waals surface area contributed by atoms with E-state index in [0.717, 1.165) is 0 Å². The van der Waals surface area contributed by atoms with Crippen molar-refractivity contribution in [2.45, 2.75) is 18.6 Å². The number of rotatable bonds is 2. The number of carbonyl (C=O) groups excluding carboxylic acids is 1. The summed E-state index contributed by atoms with van der Waals surface area (Å²) in [6, 6.07) is 0. The van der Waals surface area contributed by atoms with Gasteiger partial charge in [0, 0.05) is 13.0 Å². The van der Waals surface area contributed by atoms with Crippen molar-refractivity contribution in [3.63, 3.8) is 0 Å².